The molecule has 0 aromatic heterocycles. The van der Waals surface area contributed by atoms with Gasteiger partial charge in [0.25, 0.3) is 0 Å². The van der Waals surface area contributed by atoms with E-state index in [1.165, 1.54) is 19.2 Å². The van der Waals surface area contributed by atoms with E-state index >= 15 is 0 Å². The third-order valence-corrected chi connectivity index (χ3v) is 4.31. The van der Waals surface area contributed by atoms with E-state index in [0.717, 1.165) is 6.42 Å². The molecule has 2 rings (SSSR count). The van der Waals surface area contributed by atoms with Gasteiger partial charge in [-0.05, 0) is 45.4 Å². The standard InChI is InChI=1S/C19H27FN2O4/c1-6-13-12-21(9-10-22(13)18(24)26-19(2,3)4)14-7-8-15(16(20)11-14)17(23)25-5/h7-8,11,13H,6,9-10,12H2,1-5H3. The molecule has 1 unspecified atom stereocenters. The number of halogens is 1. The van der Waals surface area contributed by atoms with E-state index < -0.39 is 17.4 Å². The summed E-state index contributed by atoms with van der Waals surface area (Å²) in [5, 5.41) is 0. The zero-order valence-corrected chi connectivity index (χ0v) is 16.0. The number of esters is 1. The Balaban J connectivity index is 2.12. The monoisotopic (exact) mass is 366 g/mol. The average molecular weight is 366 g/mol. The van der Waals surface area contributed by atoms with Crippen molar-refractivity contribution >= 4 is 17.7 Å². The van der Waals surface area contributed by atoms with E-state index in [1.807, 2.05) is 32.6 Å². The van der Waals surface area contributed by atoms with Gasteiger partial charge in [-0.2, -0.15) is 0 Å². The quantitative estimate of drug-likeness (QED) is 0.767. The first-order valence-electron chi connectivity index (χ1n) is 8.78. The lowest BCUT2D eigenvalue weighted by molar-refractivity contribution is 0.0136. The molecule has 0 bridgehead atoms. The predicted octanol–water partition coefficient (Wildman–Crippen LogP) is 3.45. The first-order valence-corrected chi connectivity index (χ1v) is 8.78. The van der Waals surface area contributed by atoms with Crippen LogP contribution in [0.25, 0.3) is 0 Å². The van der Waals surface area contributed by atoms with Gasteiger partial charge in [-0.3, -0.25) is 0 Å². The van der Waals surface area contributed by atoms with Gasteiger partial charge in [0.1, 0.15) is 11.4 Å². The van der Waals surface area contributed by atoms with Crippen LogP contribution in [-0.2, 0) is 9.47 Å². The molecule has 7 heteroatoms. The van der Waals surface area contributed by atoms with Gasteiger partial charge >= 0.3 is 12.1 Å². The Morgan fingerprint density at radius 2 is 1.96 bits per heavy atom. The minimum absolute atomic E-state index is 0.0260. The zero-order chi connectivity index (χ0) is 19.5. The van der Waals surface area contributed by atoms with Gasteiger partial charge < -0.3 is 19.3 Å². The lowest BCUT2D eigenvalue weighted by atomic mass is 10.1. The highest BCUT2D eigenvalue weighted by Gasteiger charge is 2.32. The number of methoxy groups -OCH3 is 1. The maximum Gasteiger partial charge on any atom is 0.410 e. The van der Waals surface area contributed by atoms with E-state index in [0.29, 0.717) is 25.3 Å². The van der Waals surface area contributed by atoms with Crippen molar-refractivity contribution < 1.29 is 23.5 Å². The van der Waals surface area contributed by atoms with Crippen molar-refractivity contribution in [1.82, 2.24) is 4.90 Å². The number of rotatable bonds is 3. The molecule has 1 aliphatic heterocycles. The van der Waals surface area contributed by atoms with E-state index in [2.05, 4.69) is 4.74 Å². The predicted molar refractivity (Wildman–Crippen MR) is 97.0 cm³/mol. The number of carbonyl (C=O) groups is 2. The molecule has 0 N–H and O–H groups in total. The number of ether oxygens (including phenoxy) is 2. The van der Waals surface area contributed by atoms with E-state index in [1.54, 1.807) is 11.0 Å². The third-order valence-electron chi connectivity index (χ3n) is 4.31. The van der Waals surface area contributed by atoms with Gasteiger partial charge in [-0.15, -0.1) is 0 Å². The molecule has 0 saturated carbocycles. The Bertz CT molecular complexity index is 672. The summed E-state index contributed by atoms with van der Waals surface area (Å²) in [6, 6.07) is 4.44. The first-order chi connectivity index (χ1) is 12.2. The highest BCUT2D eigenvalue weighted by Crippen LogP contribution is 2.24. The van der Waals surface area contributed by atoms with E-state index in [9.17, 15) is 14.0 Å². The first kappa shape index (κ1) is 20.0. The van der Waals surface area contributed by atoms with Crippen molar-refractivity contribution in [2.75, 3.05) is 31.6 Å². The van der Waals surface area contributed by atoms with Crippen LogP contribution in [0.2, 0.25) is 0 Å². The molecular formula is C19H27FN2O4. The Morgan fingerprint density at radius 3 is 2.50 bits per heavy atom. The highest BCUT2D eigenvalue weighted by molar-refractivity contribution is 5.90. The number of anilines is 1. The molecule has 0 radical (unpaired) electrons. The molecule has 1 aromatic rings. The second-order valence-electron chi connectivity index (χ2n) is 7.34. The summed E-state index contributed by atoms with van der Waals surface area (Å²) < 4.78 is 24.2. The lowest BCUT2D eigenvalue weighted by Crippen LogP contribution is -2.56. The van der Waals surface area contributed by atoms with Gasteiger partial charge in [0.05, 0.1) is 18.7 Å². The number of hydrogen-bond acceptors (Lipinski definition) is 5. The second-order valence-corrected chi connectivity index (χ2v) is 7.34. The highest BCUT2D eigenvalue weighted by atomic mass is 19.1. The number of carbonyl (C=O) groups excluding carboxylic acids is 2. The molecule has 1 aliphatic rings. The van der Waals surface area contributed by atoms with Gasteiger partial charge in [0.2, 0.25) is 0 Å². The van der Waals surface area contributed by atoms with Crippen LogP contribution in [-0.4, -0.2) is 55.3 Å². The molecule has 1 aromatic carbocycles. The molecule has 1 saturated heterocycles. The van der Waals surface area contributed by atoms with Crippen LogP contribution in [0.1, 0.15) is 44.5 Å². The van der Waals surface area contributed by atoms with Gasteiger partial charge in [0.15, 0.2) is 0 Å². The Kier molecular flexibility index (Phi) is 6.10. The number of hydrogen-bond donors (Lipinski definition) is 0. The van der Waals surface area contributed by atoms with Crippen molar-refractivity contribution in [2.45, 2.75) is 45.8 Å². The summed E-state index contributed by atoms with van der Waals surface area (Å²) in [6.07, 6.45) is 0.439. The summed E-state index contributed by atoms with van der Waals surface area (Å²) in [4.78, 5) is 27.7. The van der Waals surface area contributed by atoms with Crippen LogP contribution in [0.5, 0.6) is 0 Å². The average Bonchev–Trinajstić information content (AvgIpc) is 2.58. The smallest absolute Gasteiger partial charge is 0.410 e. The van der Waals surface area contributed by atoms with Crippen LogP contribution in [0.15, 0.2) is 18.2 Å². The maximum absolute atomic E-state index is 14.2. The molecule has 1 amide bonds. The van der Waals surface area contributed by atoms with Gasteiger partial charge in [-0.1, -0.05) is 6.92 Å². The maximum atomic E-state index is 14.2. The summed E-state index contributed by atoms with van der Waals surface area (Å²) in [5.74, 6) is -1.31. The summed E-state index contributed by atoms with van der Waals surface area (Å²) >= 11 is 0. The topological polar surface area (TPSA) is 59.1 Å². The third kappa shape index (κ3) is 4.65. The summed E-state index contributed by atoms with van der Waals surface area (Å²) in [6.45, 7) is 9.16. The van der Waals surface area contributed by atoms with Crippen molar-refractivity contribution in [1.29, 1.82) is 0 Å². The van der Waals surface area contributed by atoms with Crippen molar-refractivity contribution in [3.8, 4) is 0 Å². The van der Waals surface area contributed by atoms with Crippen LogP contribution < -0.4 is 4.90 Å². The number of amides is 1. The van der Waals surface area contributed by atoms with E-state index in [-0.39, 0.29) is 17.7 Å². The summed E-state index contributed by atoms with van der Waals surface area (Å²) in [5.41, 5.74) is 0.0485. The molecule has 26 heavy (non-hydrogen) atoms. The Hall–Kier alpha value is -2.31. The molecule has 144 valence electrons. The molecule has 6 nitrogen and oxygen atoms in total. The Labute approximate surface area is 153 Å². The fourth-order valence-electron chi connectivity index (χ4n) is 2.98. The summed E-state index contributed by atoms with van der Waals surface area (Å²) in [7, 11) is 1.22. The SMILES string of the molecule is CCC1CN(c2ccc(C(=O)OC)c(F)c2)CCN1C(=O)OC(C)(C)C. The van der Waals surface area contributed by atoms with Crippen LogP contribution in [0, 0.1) is 5.82 Å². The second kappa shape index (κ2) is 7.93. The molecular weight excluding hydrogens is 339 g/mol. The number of nitrogens with zero attached hydrogens (tertiary/aromatic N) is 2. The molecule has 1 heterocycles. The van der Waals surface area contributed by atoms with Gasteiger partial charge in [-0.25, -0.2) is 14.0 Å². The normalized spacial score (nSPS) is 17.8. The largest absolute Gasteiger partial charge is 0.465 e. The number of benzene rings is 1. The molecule has 1 fully saturated rings. The van der Waals surface area contributed by atoms with Crippen molar-refractivity contribution in [3.05, 3.63) is 29.6 Å². The van der Waals surface area contributed by atoms with E-state index in [4.69, 9.17) is 4.74 Å². The minimum Gasteiger partial charge on any atom is -0.465 e. The zero-order valence-electron chi connectivity index (χ0n) is 16.0. The number of piperazine rings is 1. The molecule has 0 aliphatic carbocycles. The van der Waals surface area contributed by atoms with Gasteiger partial charge in [0, 0.05) is 25.3 Å². The fraction of sp³-hybridized carbons (Fsp3) is 0.579. The van der Waals surface area contributed by atoms with Crippen LogP contribution in [0.3, 0.4) is 0 Å². The van der Waals surface area contributed by atoms with Crippen molar-refractivity contribution in [3.63, 3.8) is 0 Å². The van der Waals surface area contributed by atoms with Crippen LogP contribution >= 0.6 is 0 Å². The van der Waals surface area contributed by atoms with Crippen molar-refractivity contribution in [2.24, 2.45) is 0 Å². The van der Waals surface area contributed by atoms with Crippen LogP contribution in [0.4, 0.5) is 14.9 Å². The lowest BCUT2D eigenvalue weighted by Gasteiger charge is -2.42. The molecule has 0 spiro atoms. The minimum atomic E-state index is -0.699. The molecule has 1 atom stereocenters. The fourth-order valence-corrected chi connectivity index (χ4v) is 2.98. The Morgan fingerprint density at radius 1 is 1.27 bits per heavy atom.